The number of hydrogen-bond donors (Lipinski definition) is 4. The molecule has 1 aromatic carbocycles. The molecule has 0 fully saturated rings. The number of rotatable bonds is 4. The average Bonchev–Trinajstić information content (AvgIpc) is 2.24. The molecule has 1 radical (unpaired) electrons. The molecule has 0 amide bonds. The lowest BCUT2D eigenvalue weighted by Gasteiger charge is -2.10. The molecule has 12 heteroatoms. The van der Waals surface area contributed by atoms with Gasteiger partial charge >= 0.3 is 11.9 Å². The molecule has 0 aliphatic heterocycles. The van der Waals surface area contributed by atoms with Crippen LogP contribution in [0.2, 0.25) is 0 Å². The lowest BCUT2D eigenvalue weighted by Crippen LogP contribution is -2.18. The molecule has 109 valence electrons. The fourth-order valence-electron chi connectivity index (χ4n) is 1.33. The van der Waals surface area contributed by atoms with Gasteiger partial charge in [0.05, 0.1) is 11.1 Å². The summed E-state index contributed by atoms with van der Waals surface area (Å²) in [6.07, 6.45) is 0. The minimum Gasteiger partial charge on any atom is -0.478 e. The molecule has 1 rings (SSSR count). The normalized spacial score (nSPS) is 12.1. The molecule has 20 heavy (non-hydrogen) atoms. The highest BCUT2D eigenvalue weighted by atomic mass is 32.2. The van der Waals surface area contributed by atoms with Crippen LogP contribution in [0.1, 0.15) is 20.7 Å². The van der Waals surface area contributed by atoms with E-state index in [0.29, 0.717) is 0 Å². The minimum absolute atomic E-state index is 0.230. The molecule has 0 spiro atoms. The second-order valence-electron chi connectivity index (χ2n) is 3.29. The van der Waals surface area contributed by atoms with Crippen molar-refractivity contribution in [1.82, 2.24) is 0 Å². The van der Waals surface area contributed by atoms with Crippen molar-refractivity contribution in [2.75, 3.05) is 0 Å². The molecule has 0 atom stereocenters. The maximum atomic E-state index is 11.1. The summed E-state index contributed by atoms with van der Waals surface area (Å²) in [6, 6.07) is 1.94. The zero-order valence-corrected chi connectivity index (χ0v) is 10.8. The molecular weight excluding hydrogens is 320 g/mol. The molecule has 0 aliphatic carbocycles. The van der Waals surface area contributed by atoms with Crippen molar-refractivity contribution in [2.24, 2.45) is 0 Å². The molecular formula is C8H5O10S2. The Labute approximate surface area is 111 Å². The zero-order valence-electron chi connectivity index (χ0n) is 9.13. The average molecular weight is 325 g/mol. The molecule has 0 saturated carbocycles. The third-order valence-corrected chi connectivity index (χ3v) is 3.96. The van der Waals surface area contributed by atoms with Crippen LogP contribution in [0.4, 0.5) is 0 Å². The Morgan fingerprint density at radius 3 is 1.75 bits per heavy atom. The Kier molecular flexibility index (Phi) is 3.87. The second-order valence-corrected chi connectivity index (χ2v) is 6.04. The number of benzene rings is 1. The highest BCUT2D eigenvalue weighted by Crippen LogP contribution is 2.27. The van der Waals surface area contributed by atoms with Gasteiger partial charge in [-0.05, 0) is 12.1 Å². The molecule has 0 unspecified atom stereocenters. The van der Waals surface area contributed by atoms with E-state index in [4.69, 9.17) is 19.3 Å². The Hall–Kier alpha value is -2.02. The molecule has 0 bridgehead atoms. The second kappa shape index (κ2) is 4.82. The minimum atomic E-state index is -5.45. The molecule has 1 aromatic rings. The van der Waals surface area contributed by atoms with Gasteiger partial charge in [-0.1, -0.05) is 0 Å². The van der Waals surface area contributed by atoms with Gasteiger partial charge in [0.25, 0.3) is 20.2 Å². The molecule has 0 heterocycles. The van der Waals surface area contributed by atoms with Crippen LogP contribution in [-0.2, 0) is 20.2 Å². The van der Waals surface area contributed by atoms with Crippen molar-refractivity contribution in [3.8, 4) is 0 Å². The summed E-state index contributed by atoms with van der Waals surface area (Å²) in [6.45, 7) is 0. The van der Waals surface area contributed by atoms with Crippen LogP contribution in [0.5, 0.6) is 0 Å². The Balaban J connectivity index is 4.13. The number of carboxylic acids is 2. The van der Waals surface area contributed by atoms with Crippen molar-refractivity contribution in [2.45, 2.75) is 9.79 Å². The van der Waals surface area contributed by atoms with Gasteiger partial charge in [0.15, 0.2) is 0 Å². The number of carboxylic acid groups (broad SMARTS) is 2. The van der Waals surface area contributed by atoms with E-state index in [1.807, 2.05) is 0 Å². The van der Waals surface area contributed by atoms with Crippen LogP contribution in [0, 0.1) is 6.07 Å². The molecule has 10 nitrogen and oxygen atoms in total. The SMILES string of the molecule is O=C(O)c1[c]cc(S(=O)(=O)O)c(S(=O)(=O)O)c1C(=O)O. The van der Waals surface area contributed by atoms with Crippen LogP contribution in [0.15, 0.2) is 15.9 Å². The van der Waals surface area contributed by atoms with Crippen molar-refractivity contribution >= 4 is 32.2 Å². The fraction of sp³-hybridized carbons (Fsp3) is 0. The standard InChI is InChI=1S/C8H5O10S2/c9-7(10)3-1-2-4(19(13,14)15)6(20(16,17)18)5(3)8(11)12/h2H,(H,9,10)(H,11,12)(H,13,14,15)(H,16,17,18). The van der Waals surface area contributed by atoms with Crippen LogP contribution < -0.4 is 0 Å². The van der Waals surface area contributed by atoms with Crippen LogP contribution in [0.3, 0.4) is 0 Å². The first-order valence-electron chi connectivity index (χ1n) is 4.37. The van der Waals surface area contributed by atoms with Crippen molar-refractivity contribution in [3.05, 3.63) is 23.3 Å². The summed E-state index contributed by atoms with van der Waals surface area (Å²) in [5.74, 6) is -4.06. The van der Waals surface area contributed by atoms with E-state index in [9.17, 15) is 26.4 Å². The highest BCUT2D eigenvalue weighted by molar-refractivity contribution is 7.89. The van der Waals surface area contributed by atoms with Crippen molar-refractivity contribution < 1.29 is 45.7 Å². The lowest BCUT2D eigenvalue weighted by atomic mass is 10.1. The highest BCUT2D eigenvalue weighted by Gasteiger charge is 2.34. The van der Waals surface area contributed by atoms with Crippen LogP contribution in [-0.4, -0.2) is 48.1 Å². The number of aromatic carboxylic acids is 2. The summed E-state index contributed by atoms with van der Waals surface area (Å²) < 4.78 is 61.9. The van der Waals surface area contributed by atoms with Gasteiger partial charge in [-0.15, -0.1) is 0 Å². The van der Waals surface area contributed by atoms with E-state index < -0.39 is 53.1 Å². The summed E-state index contributed by atoms with van der Waals surface area (Å²) in [5, 5.41) is 17.5. The molecule has 0 saturated heterocycles. The predicted molar refractivity (Wildman–Crippen MR) is 58.8 cm³/mol. The topological polar surface area (TPSA) is 183 Å². The first-order valence-corrected chi connectivity index (χ1v) is 7.25. The van der Waals surface area contributed by atoms with Crippen LogP contribution >= 0.6 is 0 Å². The Morgan fingerprint density at radius 2 is 1.45 bits per heavy atom. The largest absolute Gasteiger partial charge is 0.478 e. The molecule has 0 aromatic heterocycles. The maximum absolute atomic E-state index is 11.1. The van der Waals surface area contributed by atoms with Gasteiger partial charge in [-0.25, -0.2) is 9.59 Å². The van der Waals surface area contributed by atoms with Gasteiger partial charge in [0, 0.05) is 0 Å². The zero-order chi connectivity index (χ0) is 15.9. The van der Waals surface area contributed by atoms with Gasteiger partial charge in [-0.3, -0.25) is 9.11 Å². The van der Waals surface area contributed by atoms with Crippen molar-refractivity contribution in [3.63, 3.8) is 0 Å². The van der Waals surface area contributed by atoms with Crippen molar-refractivity contribution in [1.29, 1.82) is 0 Å². The Bertz CT molecular complexity index is 802. The number of carbonyl (C=O) groups is 2. The first kappa shape index (κ1) is 16.0. The van der Waals surface area contributed by atoms with E-state index in [1.54, 1.807) is 6.07 Å². The summed E-state index contributed by atoms with van der Waals surface area (Å²) in [5.41, 5.74) is -2.73. The van der Waals surface area contributed by atoms with Crippen LogP contribution in [0.25, 0.3) is 0 Å². The quantitative estimate of drug-likeness (QED) is 0.520. The monoisotopic (exact) mass is 325 g/mol. The summed E-state index contributed by atoms with van der Waals surface area (Å²) in [7, 11) is -10.7. The van der Waals surface area contributed by atoms with E-state index in [0.717, 1.165) is 0 Å². The third kappa shape index (κ3) is 2.93. The van der Waals surface area contributed by atoms with Gasteiger partial charge < -0.3 is 10.2 Å². The number of hydrogen-bond acceptors (Lipinski definition) is 6. The summed E-state index contributed by atoms with van der Waals surface area (Å²) in [4.78, 5) is 18.5. The van der Waals surface area contributed by atoms with E-state index in [-0.39, 0.29) is 6.07 Å². The lowest BCUT2D eigenvalue weighted by molar-refractivity contribution is 0.0647. The smallest absolute Gasteiger partial charge is 0.338 e. The predicted octanol–water partition coefficient (Wildman–Crippen LogP) is -0.623. The van der Waals surface area contributed by atoms with E-state index in [1.165, 1.54) is 0 Å². The Morgan fingerprint density at radius 1 is 0.950 bits per heavy atom. The van der Waals surface area contributed by atoms with Gasteiger partial charge in [0.1, 0.15) is 9.79 Å². The first-order chi connectivity index (χ1) is 8.87. The molecule has 0 aliphatic rings. The van der Waals surface area contributed by atoms with E-state index >= 15 is 0 Å². The maximum Gasteiger partial charge on any atom is 0.338 e. The van der Waals surface area contributed by atoms with Gasteiger partial charge in [0.2, 0.25) is 0 Å². The summed E-state index contributed by atoms with van der Waals surface area (Å²) >= 11 is 0. The van der Waals surface area contributed by atoms with Gasteiger partial charge in [-0.2, -0.15) is 16.8 Å². The molecule has 4 N–H and O–H groups in total. The van der Waals surface area contributed by atoms with E-state index in [2.05, 4.69) is 0 Å². The third-order valence-electron chi connectivity index (χ3n) is 2.01. The fourth-order valence-corrected chi connectivity index (χ4v) is 3.27.